The maximum Gasteiger partial charge on any atom is 0.229 e. The standard InChI is InChI=1S/C17H19N5O2/c1-9-14-15(19-20-16(14)22(2)21-9)18-17(23)13-8-12(13)10-4-6-11(24-3)7-5-10/h4-7,12-13H,8H2,1-3H3,(H2,18,19,20,23)/t12-,13-/m0/s1. The number of amides is 1. The van der Waals surface area contributed by atoms with Gasteiger partial charge in [-0.1, -0.05) is 12.1 Å². The molecule has 0 saturated heterocycles. The smallest absolute Gasteiger partial charge is 0.229 e. The van der Waals surface area contributed by atoms with Gasteiger partial charge in [-0.2, -0.15) is 10.2 Å². The summed E-state index contributed by atoms with van der Waals surface area (Å²) in [5, 5.41) is 15.3. The van der Waals surface area contributed by atoms with Gasteiger partial charge >= 0.3 is 0 Å². The number of fused-ring (bicyclic) bond motifs is 1. The van der Waals surface area contributed by atoms with Crippen molar-refractivity contribution in [3.05, 3.63) is 35.5 Å². The van der Waals surface area contributed by atoms with Crippen molar-refractivity contribution in [1.29, 1.82) is 0 Å². The van der Waals surface area contributed by atoms with E-state index in [0.29, 0.717) is 5.82 Å². The number of hydrogen-bond donors (Lipinski definition) is 2. The lowest BCUT2D eigenvalue weighted by Crippen LogP contribution is -2.15. The molecule has 1 amide bonds. The van der Waals surface area contributed by atoms with Gasteiger partial charge in [-0.3, -0.25) is 9.89 Å². The van der Waals surface area contributed by atoms with E-state index in [1.165, 1.54) is 5.56 Å². The van der Waals surface area contributed by atoms with Gasteiger partial charge in [-0.25, -0.2) is 4.68 Å². The van der Waals surface area contributed by atoms with Gasteiger partial charge in [0.05, 0.1) is 18.2 Å². The number of carbonyl (C=O) groups is 1. The number of hydrogen-bond acceptors (Lipinski definition) is 4. The minimum Gasteiger partial charge on any atom is -0.497 e. The number of H-pyrrole nitrogens is 1. The third-order valence-electron chi connectivity index (χ3n) is 4.63. The Morgan fingerprint density at radius 1 is 1.38 bits per heavy atom. The van der Waals surface area contributed by atoms with Gasteiger partial charge < -0.3 is 10.1 Å². The number of nitrogens with zero attached hydrogens (tertiary/aromatic N) is 3. The highest BCUT2D eigenvalue weighted by atomic mass is 16.5. The van der Waals surface area contributed by atoms with Gasteiger partial charge in [0.1, 0.15) is 11.6 Å². The summed E-state index contributed by atoms with van der Waals surface area (Å²) in [6, 6.07) is 7.91. The van der Waals surface area contributed by atoms with Crippen LogP contribution in [0.4, 0.5) is 5.82 Å². The summed E-state index contributed by atoms with van der Waals surface area (Å²) < 4.78 is 6.87. The molecule has 1 aromatic carbocycles. The van der Waals surface area contributed by atoms with E-state index in [0.717, 1.165) is 28.9 Å². The van der Waals surface area contributed by atoms with Crippen molar-refractivity contribution in [2.45, 2.75) is 19.3 Å². The lowest BCUT2D eigenvalue weighted by Gasteiger charge is -2.04. The second-order valence-corrected chi connectivity index (χ2v) is 6.22. The first-order valence-electron chi connectivity index (χ1n) is 7.91. The van der Waals surface area contributed by atoms with Crippen molar-refractivity contribution in [2.24, 2.45) is 13.0 Å². The molecule has 4 rings (SSSR count). The SMILES string of the molecule is COc1ccc([C@@H]2C[C@@H]2C(=O)Nc2[nH]nc3c2c(C)nn3C)cc1. The third kappa shape index (κ3) is 2.33. The topological polar surface area (TPSA) is 84.8 Å². The van der Waals surface area contributed by atoms with Crippen molar-refractivity contribution in [3.63, 3.8) is 0 Å². The van der Waals surface area contributed by atoms with Crippen LogP contribution in [0, 0.1) is 12.8 Å². The van der Waals surface area contributed by atoms with Crippen LogP contribution in [0.15, 0.2) is 24.3 Å². The van der Waals surface area contributed by atoms with Crippen molar-refractivity contribution in [2.75, 3.05) is 12.4 Å². The van der Waals surface area contributed by atoms with E-state index in [4.69, 9.17) is 4.74 Å². The van der Waals surface area contributed by atoms with E-state index in [-0.39, 0.29) is 17.7 Å². The fraction of sp³-hybridized carbons (Fsp3) is 0.353. The first-order chi connectivity index (χ1) is 11.6. The molecule has 124 valence electrons. The highest BCUT2D eigenvalue weighted by molar-refractivity contribution is 6.02. The lowest BCUT2D eigenvalue weighted by molar-refractivity contribution is -0.117. The Morgan fingerprint density at radius 2 is 2.12 bits per heavy atom. The van der Waals surface area contributed by atoms with Crippen LogP contribution in [-0.4, -0.2) is 33.0 Å². The zero-order chi connectivity index (χ0) is 16.8. The molecule has 0 spiro atoms. The Kier molecular flexibility index (Phi) is 3.30. The average molecular weight is 325 g/mol. The molecule has 2 atom stereocenters. The fourth-order valence-electron chi connectivity index (χ4n) is 3.24. The second-order valence-electron chi connectivity index (χ2n) is 6.22. The van der Waals surface area contributed by atoms with Crippen LogP contribution >= 0.6 is 0 Å². The number of aromatic amines is 1. The van der Waals surface area contributed by atoms with Crippen LogP contribution in [0.3, 0.4) is 0 Å². The van der Waals surface area contributed by atoms with Crippen LogP contribution in [-0.2, 0) is 11.8 Å². The molecular weight excluding hydrogens is 306 g/mol. The number of rotatable bonds is 4. The number of nitrogens with one attached hydrogen (secondary N) is 2. The predicted octanol–water partition coefficient (Wildman–Crippen LogP) is 2.36. The number of anilines is 1. The maximum absolute atomic E-state index is 12.5. The molecular formula is C17H19N5O2. The summed E-state index contributed by atoms with van der Waals surface area (Å²) in [6.45, 7) is 1.91. The molecule has 1 aliphatic rings. The quantitative estimate of drug-likeness (QED) is 0.771. The van der Waals surface area contributed by atoms with E-state index < -0.39 is 0 Å². The van der Waals surface area contributed by atoms with E-state index in [2.05, 4.69) is 20.6 Å². The molecule has 0 radical (unpaired) electrons. The van der Waals surface area contributed by atoms with Gasteiger partial charge in [0.15, 0.2) is 5.65 Å². The molecule has 3 aromatic rings. The van der Waals surface area contributed by atoms with E-state index in [1.807, 2.05) is 38.2 Å². The van der Waals surface area contributed by atoms with Gasteiger partial charge in [0, 0.05) is 13.0 Å². The molecule has 7 heteroatoms. The number of benzene rings is 1. The summed E-state index contributed by atoms with van der Waals surface area (Å²) in [5.41, 5.74) is 2.76. The number of aromatic nitrogens is 4. The van der Waals surface area contributed by atoms with Crippen LogP contribution in [0.2, 0.25) is 0 Å². The number of aryl methyl sites for hydroxylation is 2. The number of carbonyl (C=O) groups excluding carboxylic acids is 1. The maximum atomic E-state index is 12.5. The predicted molar refractivity (Wildman–Crippen MR) is 90.1 cm³/mol. The Balaban J connectivity index is 1.49. The summed E-state index contributed by atoms with van der Waals surface area (Å²) in [4.78, 5) is 12.5. The molecule has 2 aromatic heterocycles. The minimum absolute atomic E-state index is 0.00581. The van der Waals surface area contributed by atoms with Gasteiger partial charge in [-0.15, -0.1) is 0 Å². The van der Waals surface area contributed by atoms with E-state index in [9.17, 15) is 4.79 Å². The fourth-order valence-corrected chi connectivity index (χ4v) is 3.24. The summed E-state index contributed by atoms with van der Waals surface area (Å²) >= 11 is 0. The van der Waals surface area contributed by atoms with Crippen LogP contribution < -0.4 is 10.1 Å². The minimum atomic E-state index is -0.00581. The number of methoxy groups -OCH3 is 1. The van der Waals surface area contributed by atoms with Gasteiger partial charge in [-0.05, 0) is 37.0 Å². The Labute approximate surface area is 139 Å². The lowest BCUT2D eigenvalue weighted by atomic mass is 10.1. The Hall–Kier alpha value is -2.83. The number of ether oxygens (including phenoxy) is 1. The monoisotopic (exact) mass is 325 g/mol. The molecule has 7 nitrogen and oxygen atoms in total. The molecule has 24 heavy (non-hydrogen) atoms. The zero-order valence-corrected chi connectivity index (χ0v) is 13.8. The Morgan fingerprint density at radius 3 is 2.83 bits per heavy atom. The molecule has 0 unspecified atom stereocenters. The van der Waals surface area contributed by atoms with Crippen LogP contribution in [0.25, 0.3) is 11.0 Å². The van der Waals surface area contributed by atoms with Crippen molar-refractivity contribution >= 4 is 22.8 Å². The summed E-state index contributed by atoms with van der Waals surface area (Å²) in [6.07, 6.45) is 0.863. The second kappa shape index (κ2) is 5.36. The van der Waals surface area contributed by atoms with Gasteiger partial charge in [0.2, 0.25) is 5.91 Å². The first-order valence-corrected chi connectivity index (χ1v) is 7.91. The van der Waals surface area contributed by atoms with Crippen molar-refractivity contribution in [3.8, 4) is 5.75 Å². The molecule has 2 N–H and O–H groups in total. The molecule has 2 heterocycles. The first kappa shape index (κ1) is 14.7. The van der Waals surface area contributed by atoms with Gasteiger partial charge in [0.25, 0.3) is 0 Å². The van der Waals surface area contributed by atoms with Crippen molar-refractivity contribution in [1.82, 2.24) is 20.0 Å². The Bertz CT molecular complexity index is 909. The highest BCUT2D eigenvalue weighted by Crippen LogP contribution is 2.48. The normalized spacial score (nSPS) is 19.5. The van der Waals surface area contributed by atoms with Crippen LogP contribution in [0.1, 0.15) is 23.6 Å². The molecule has 0 bridgehead atoms. The molecule has 1 fully saturated rings. The van der Waals surface area contributed by atoms with E-state index >= 15 is 0 Å². The summed E-state index contributed by atoms with van der Waals surface area (Å²) in [7, 11) is 3.48. The van der Waals surface area contributed by atoms with E-state index in [1.54, 1.807) is 11.8 Å². The zero-order valence-electron chi connectivity index (χ0n) is 13.8. The molecule has 0 aliphatic heterocycles. The average Bonchev–Trinajstić information content (AvgIpc) is 3.20. The highest BCUT2D eigenvalue weighted by Gasteiger charge is 2.44. The largest absolute Gasteiger partial charge is 0.497 e. The molecule has 1 aliphatic carbocycles. The third-order valence-corrected chi connectivity index (χ3v) is 4.63. The molecule has 1 saturated carbocycles. The van der Waals surface area contributed by atoms with Crippen molar-refractivity contribution < 1.29 is 9.53 Å². The van der Waals surface area contributed by atoms with Crippen LogP contribution in [0.5, 0.6) is 5.75 Å². The summed E-state index contributed by atoms with van der Waals surface area (Å²) in [5.74, 6) is 1.73.